The third kappa shape index (κ3) is 2.22. The van der Waals surface area contributed by atoms with Crippen LogP contribution >= 0.6 is 11.6 Å². The Labute approximate surface area is 101 Å². The normalized spacial score (nSPS) is 19.9. The molecule has 0 bridgehead atoms. The average molecular weight is 238 g/mol. The van der Waals surface area contributed by atoms with E-state index in [4.69, 9.17) is 11.6 Å². The Balaban J connectivity index is 2.26. The molecule has 2 nitrogen and oxygen atoms in total. The molecule has 0 aromatic heterocycles. The molecule has 86 valence electrons. The summed E-state index contributed by atoms with van der Waals surface area (Å²) in [6.45, 7) is 5.02. The van der Waals surface area contributed by atoms with Crippen molar-refractivity contribution in [3.05, 3.63) is 29.3 Å². The number of carbonyl (C=O) groups is 1. The molecule has 1 aromatic rings. The van der Waals surface area contributed by atoms with Crippen LogP contribution in [0.15, 0.2) is 24.3 Å². The molecular weight excluding hydrogens is 222 g/mol. The largest absolute Gasteiger partial charge is 0.366 e. The van der Waals surface area contributed by atoms with E-state index >= 15 is 0 Å². The van der Waals surface area contributed by atoms with Crippen molar-refractivity contribution >= 4 is 23.1 Å². The highest BCUT2D eigenvalue weighted by Crippen LogP contribution is 2.31. The minimum absolute atomic E-state index is 0.0941. The van der Waals surface area contributed by atoms with E-state index in [2.05, 4.69) is 18.7 Å². The summed E-state index contributed by atoms with van der Waals surface area (Å²) < 4.78 is 0. The van der Waals surface area contributed by atoms with Crippen LogP contribution in [-0.2, 0) is 4.79 Å². The molecule has 1 saturated heterocycles. The van der Waals surface area contributed by atoms with Gasteiger partial charge in [-0.05, 0) is 38.1 Å². The molecule has 0 amide bonds. The topological polar surface area (TPSA) is 20.3 Å². The zero-order valence-electron chi connectivity index (χ0n) is 9.66. The van der Waals surface area contributed by atoms with Gasteiger partial charge in [-0.15, -0.1) is 0 Å². The zero-order chi connectivity index (χ0) is 11.8. The summed E-state index contributed by atoms with van der Waals surface area (Å²) in [6.07, 6.45) is 1.27. The van der Waals surface area contributed by atoms with Crippen molar-refractivity contribution in [3.8, 4) is 0 Å². The number of piperidine rings is 1. The first-order chi connectivity index (χ1) is 7.49. The Hall–Kier alpha value is -1.02. The van der Waals surface area contributed by atoms with E-state index in [9.17, 15) is 4.79 Å². The number of carbonyl (C=O) groups excluding carboxylic acids is 1. The standard InChI is InChI=1S/C13H16ClNO/c1-13(2)9-12(16)7-8-15(13)11-5-3-10(14)4-6-11/h3-6H,7-9H2,1-2H3. The first kappa shape index (κ1) is 11.5. The molecule has 2 rings (SSSR count). The summed E-state index contributed by atoms with van der Waals surface area (Å²) in [5.41, 5.74) is 1.05. The van der Waals surface area contributed by atoms with Crippen LogP contribution in [0.4, 0.5) is 5.69 Å². The summed E-state index contributed by atoms with van der Waals surface area (Å²) in [7, 11) is 0. The number of nitrogens with zero attached hydrogens (tertiary/aromatic N) is 1. The lowest BCUT2D eigenvalue weighted by Gasteiger charge is -2.43. The molecule has 1 aliphatic rings. The Morgan fingerprint density at radius 2 is 1.88 bits per heavy atom. The molecule has 0 atom stereocenters. The average Bonchev–Trinajstić information content (AvgIpc) is 2.18. The van der Waals surface area contributed by atoms with Gasteiger partial charge >= 0.3 is 0 Å². The first-order valence-electron chi connectivity index (χ1n) is 5.54. The van der Waals surface area contributed by atoms with Crippen LogP contribution in [0.3, 0.4) is 0 Å². The molecule has 1 heterocycles. The van der Waals surface area contributed by atoms with Crippen LogP contribution < -0.4 is 4.90 Å². The fourth-order valence-corrected chi connectivity index (χ4v) is 2.43. The second-order valence-electron chi connectivity index (χ2n) is 4.91. The van der Waals surface area contributed by atoms with Gasteiger partial charge in [0, 0.05) is 35.6 Å². The van der Waals surface area contributed by atoms with Crippen molar-refractivity contribution in [2.75, 3.05) is 11.4 Å². The van der Waals surface area contributed by atoms with Crippen molar-refractivity contribution in [2.24, 2.45) is 0 Å². The van der Waals surface area contributed by atoms with Gasteiger partial charge in [0.2, 0.25) is 0 Å². The smallest absolute Gasteiger partial charge is 0.136 e. The Morgan fingerprint density at radius 3 is 2.44 bits per heavy atom. The van der Waals surface area contributed by atoms with Crippen molar-refractivity contribution in [1.29, 1.82) is 0 Å². The Kier molecular flexibility index (Phi) is 2.94. The number of halogens is 1. The minimum Gasteiger partial charge on any atom is -0.366 e. The second-order valence-corrected chi connectivity index (χ2v) is 5.34. The van der Waals surface area contributed by atoms with E-state index in [1.807, 2.05) is 24.3 Å². The first-order valence-corrected chi connectivity index (χ1v) is 5.92. The Morgan fingerprint density at radius 1 is 1.25 bits per heavy atom. The quantitative estimate of drug-likeness (QED) is 0.747. The predicted octanol–water partition coefficient (Wildman–Crippen LogP) is 3.29. The highest BCUT2D eigenvalue weighted by molar-refractivity contribution is 6.30. The lowest BCUT2D eigenvalue weighted by molar-refractivity contribution is -0.121. The molecule has 0 N–H and O–H groups in total. The predicted molar refractivity (Wildman–Crippen MR) is 67.1 cm³/mol. The zero-order valence-corrected chi connectivity index (χ0v) is 10.4. The van der Waals surface area contributed by atoms with E-state index < -0.39 is 0 Å². The van der Waals surface area contributed by atoms with Crippen molar-refractivity contribution < 1.29 is 4.79 Å². The maximum atomic E-state index is 11.5. The van der Waals surface area contributed by atoms with Gasteiger partial charge in [-0.25, -0.2) is 0 Å². The van der Waals surface area contributed by atoms with Crippen LogP contribution in [0.25, 0.3) is 0 Å². The fourth-order valence-electron chi connectivity index (χ4n) is 2.31. The number of ketones is 1. The highest BCUT2D eigenvalue weighted by Gasteiger charge is 2.33. The number of hydrogen-bond acceptors (Lipinski definition) is 2. The van der Waals surface area contributed by atoms with Gasteiger partial charge in [-0.1, -0.05) is 11.6 Å². The summed E-state index contributed by atoms with van der Waals surface area (Å²) in [6, 6.07) is 7.81. The summed E-state index contributed by atoms with van der Waals surface area (Å²) in [4.78, 5) is 13.7. The molecule has 0 spiro atoms. The maximum Gasteiger partial charge on any atom is 0.136 e. The number of Topliss-reactive ketones (excluding diaryl/α,β-unsaturated/α-hetero) is 1. The van der Waals surface area contributed by atoms with Crippen LogP contribution in [0.1, 0.15) is 26.7 Å². The summed E-state index contributed by atoms with van der Waals surface area (Å²) in [5, 5.41) is 0.745. The van der Waals surface area contributed by atoms with Gasteiger partial charge in [-0.3, -0.25) is 4.79 Å². The molecular formula is C13H16ClNO. The molecule has 0 aliphatic carbocycles. The fraction of sp³-hybridized carbons (Fsp3) is 0.462. The lowest BCUT2D eigenvalue weighted by atomic mass is 9.89. The van der Waals surface area contributed by atoms with Gasteiger partial charge < -0.3 is 4.90 Å². The molecule has 0 radical (unpaired) electrons. The van der Waals surface area contributed by atoms with Crippen molar-refractivity contribution in [3.63, 3.8) is 0 Å². The van der Waals surface area contributed by atoms with Gasteiger partial charge in [0.25, 0.3) is 0 Å². The van der Waals surface area contributed by atoms with Crippen LogP contribution in [0.5, 0.6) is 0 Å². The van der Waals surface area contributed by atoms with Crippen molar-refractivity contribution in [1.82, 2.24) is 0 Å². The number of anilines is 1. The summed E-state index contributed by atoms with van der Waals surface area (Å²) >= 11 is 5.87. The van der Waals surface area contributed by atoms with Crippen LogP contribution in [-0.4, -0.2) is 17.9 Å². The third-order valence-corrected chi connectivity index (χ3v) is 3.36. The molecule has 1 aliphatic heterocycles. The molecule has 3 heteroatoms. The van der Waals surface area contributed by atoms with Gasteiger partial charge in [0.15, 0.2) is 0 Å². The van der Waals surface area contributed by atoms with E-state index in [0.29, 0.717) is 18.6 Å². The SMILES string of the molecule is CC1(C)CC(=O)CCN1c1ccc(Cl)cc1. The van der Waals surface area contributed by atoms with E-state index in [-0.39, 0.29) is 5.54 Å². The second kappa shape index (κ2) is 4.10. The molecule has 1 fully saturated rings. The van der Waals surface area contributed by atoms with E-state index in [1.165, 1.54) is 0 Å². The van der Waals surface area contributed by atoms with E-state index in [0.717, 1.165) is 17.3 Å². The number of benzene rings is 1. The number of hydrogen-bond donors (Lipinski definition) is 0. The summed E-state index contributed by atoms with van der Waals surface area (Å²) in [5.74, 6) is 0.357. The minimum atomic E-state index is -0.0941. The third-order valence-electron chi connectivity index (χ3n) is 3.11. The van der Waals surface area contributed by atoms with E-state index in [1.54, 1.807) is 0 Å². The molecule has 1 aromatic carbocycles. The van der Waals surface area contributed by atoms with Crippen LogP contribution in [0, 0.1) is 0 Å². The maximum absolute atomic E-state index is 11.5. The molecule has 16 heavy (non-hydrogen) atoms. The lowest BCUT2D eigenvalue weighted by Crippen LogP contribution is -2.50. The van der Waals surface area contributed by atoms with Gasteiger partial charge in [0.05, 0.1) is 0 Å². The number of rotatable bonds is 1. The van der Waals surface area contributed by atoms with Crippen LogP contribution in [0.2, 0.25) is 5.02 Å². The van der Waals surface area contributed by atoms with Crippen molar-refractivity contribution in [2.45, 2.75) is 32.2 Å². The van der Waals surface area contributed by atoms with Gasteiger partial charge in [0.1, 0.15) is 5.78 Å². The van der Waals surface area contributed by atoms with Gasteiger partial charge in [-0.2, -0.15) is 0 Å². The highest BCUT2D eigenvalue weighted by atomic mass is 35.5. The Bertz CT molecular complexity index is 397. The molecule has 0 unspecified atom stereocenters. The molecule has 0 saturated carbocycles. The monoisotopic (exact) mass is 237 g/mol.